The van der Waals surface area contributed by atoms with Gasteiger partial charge in [-0.2, -0.15) is 0 Å². The summed E-state index contributed by atoms with van der Waals surface area (Å²) in [5.74, 6) is -1.36. The standard InChI is InChI=1S/C23H19ClN2O5S/c1-2-13-3-8-16-17(11-13)31-12-26(22(16)28)15-6-4-14(5-7-15)21(27)25-20(23(29)30)18-9-10-19(24)32-18/h3-11,20H,2,12H2,1H3,(H,25,27)(H,29,30). The number of aryl methyl sites for hydroxylation is 1. The maximum absolute atomic E-state index is 12.9. The van der Waals surface area contributed by atoms with Gasteiger partial charge in [0.2, 0.25) is 0 Å². The van der Waals surface area contributed by atoms with E-state index in [9.17, 15) is 19.5 Å². The van der Waals surface area contributed by atoms with Gasteiger partial charge in [0.1, 0.15) is 5.75 Å². The quantitative estimate of drug-likeness (QED) is 0.552. The van der Waals surface area contributed by atoms with Crippen LogP contribution in [0, 0.1) is 0 Å². The number of nitrogens with zero attached hydrogens (tertiary/aromatic N) is 1. The van der Waals surface area contributed by atoms with E-state index in [1.54, 1.807) is 30.3 Å². The highest BCUT2D eigenvalue weighted by atomic mass is 35.5. The molecule has 1 unspecified atom stereocenters. The molecule has 0 saturated carbocycles. The number of halogens is 1. The van der Waals surface area contributed by atoms with Crippen molar-refractivity contribution in [3.8, 4) is 5.75 Å². The lowest BCUT2D eigenvalue weighted by Gasteiger charge is -2.29. The zero-order chi connectivity index (χ0) is 22.8. The Kier molecular flexibility index (Phi) is 6.16. The van der Waals surface area contributed by atoms with Crippen LogP contribution in [0.25, 0.3) is 0 Å². The van der Waals surface area contributed by atoms with Crippen LogP contribution in [0.15, 0.2) is 54.6 Å². The van der Waals surface area contributed by atoms with E-state index in [0.717, 1.165) is 23.3 Å². The summed E-state index contributed by atoms with van der Waals surface area (Å²) < 4.78 is 6.20. The number of benzene rings is 2. The predicted molar refractivity (Wildman–Crippen MR) is 122 cm³/mol. The van der Waals surface area contributed by atoms with E-state index in [0.29, 0.717) is 26.2 Å². The van der Waals surface area contributed by atoms with Gasteiger partial charge in [0.05, 0.1) is 9.90 Å². The van der Waals surface area contributed by atoms with Gasteiger partial charge in [-0.25, -0.2) is 4.79 Å². The molecule has 0 radical (unpaired) electrons. The number of anilines is 1. The largest absolute Gasteiger partial charge is 0.479 e. The number of aliphatic carboxylic acids is 1. The van der Waals surface area contributed by atoms with Crippen molar-refractivity contribution in [2.45, 2.75) is 19.4 Å². The van der Waals surface area contributed by atoms with Crippen LogP contribution in [0.1, 0.15) is 44.1 Å². The van der Waals surface area contributed by atoms with Gasteiger partial charge in [-0.3, -0.25) is 14.5 Å². The molecule has 2 N–H and O–H groups in total. The summed E-state index contributed by atoms with van der Waals surface area (Å²) in [7, 11) is 0. The highest BCUT2D eigenvalue weighted by Crippen LogP contribution is 2.30. The molecule has 0 fully saturated rings. The van der Waals surface area contributed by atoms with Gasteiger partial charge < -0.3 is 15.2 Å². The summed E-state index contributed by atoms with van der Waals surface area (Å²) in [6, 6.07) is 13.8. The number of fused-ring (bicyclic) bond motifs is 1. The van der Waals surface area contributed by atoms with E-state index in [4.69, 9.17) is 16.3 Å². The normalized spacial score (nSPS) is 13.8. The van der Waals surface area contributed by atoms with Crippen LogP contribution in [-0.2, 0) is 11.2 Å². The van der Waals surface area contributed by atoms with Crippen LogP contribution in [0.4, 0.5) is 5.69 Å². The number of carboxylic acids is 1. The smallest absolute Gasteiger partial charge is 0.331 e. The van der Waals surface area contributed by atoms with Crippen LogP contribution < -0.4 is 15.0 Å². The number of thiophene rings is 1. The van der Waals surface area contributed by atoms with Crippen molar-refractivity contribution in [2.24, 2.45) is 0 Å². The summed E-state index contributed by atoms with van der Waals surface area (Å²) in [6.07, 6.45) is 0.848. The minimum absolute atomic E-state index is 0.0603. The molecule has 2 aromatic carbocycles. The maximum Gasteiger partial charge on any atom is 0.331 e. The van der Waals surface area contributed by atoms with Crippen molar-refractivity contribution in [2.75, 3.05) is 11.6 Å². The van der Waals surface area contributed by atoms with Crippen molar-refractivity contribution >= 4 is 46.4 Å². The topological polar surface area (TPSA) is 95.9 Å². The minimum atomic E-state index is -1.21. The van der Waals surface area contributed by atoms with Gasteiger partial charge in [-0.05, 0) is 60.5 Å². The minimum Gasteiger partial charge on any atom is -0.479 e. The molecule has 3 aromatic rings. The predicted octanol–water partition coefficient (Wildman–Crippen LogP) is 4.52. The molecule has 4 rings (SSSR count). The molecule has 1 atom stereocenters. The third-order valence-electron chi connectivity index (χ3n) is 5.12. The zero-order valence-corrected chi connectivity index (χ0v) is 18.6. The van der Waals surface area contributed by atoms with Crippen molar-refractivity contribution in [1.82, 2.24) is 5.32 Å². The molecule has 1 aliphatic heterocycles. The lowest BCUT2D eigenvalue weighted by molar-refractivity contribution is -0.139. The summed E-state index contributed by atoms with van der Waals surface area (Å²) >= 11 is 6.97. The first-order valence-corrected chi connectivity index (χ1v) is 11.0. The monoisotopic (exact) mass is 470 g/mol. The molecule has 2 amide bonds. The van der Waals surface area contributed by atoms with Gasteiger partial charge >= 0.3 is 5.97 Å². The molecule has 32 heavy (non-hydrogen) atoms. The van der Waals surface area contributed by atoms with Crippen LogP contribution in [0.5, 0.6) is 5.75 Å². The van der Waals surface area contributed by atoms with E-state index < -0.39 is 17.9 Å². The van der Waals surface area contributed by atoms with Crippen molar-refractivity contribution in [1.29, 1.82) is 0 Å². The highest BCUT2D eigenvalue weighted by molar-refractivity contribution is 7.16. The second kappa shape index (κ2) is 9.02. The van der Waals surface area contributed by atoms with Crippen molar-refractivity contribution in [3.63, 3.8) is 0 Å². The summed E-state index contributed by atoms with van der Waals surface area (Å²) in [5.41, 5.74) is 2.40. The molecule has 1 aliphatic rings. The van der Waals surface area contributed by atoms with E-state index in [1.807, 2.05) is 19.1 Å². The molecular weight excluding hydrogens is 452 g/mol. The van der Waals surface area contributed by atoms with Crippen LogP contribution in [0.3, 0.4) is 0 Å². The Hall–Kier alpha value is -3.36. The fourth-order valence-electron chi connectivity index (χ4n) is 3.36. The number of carbonyl (C=O) groups is 3. The maximum atomic E-state index is 12.9. The first-order valence-electron chi connectivity index (χ1n) is 9.84. The van der Waals surface area contributed by atoms with Gasteiger partial charge in [0.15, 0.2) is 12.8 Å². The molecule has 0 aliphatic carbocycles. The van der Waals surface area contributed by atoms with E-state index >= 15 is 0 Å². The van der Waals surface area contributed by atoms with Crippen molar-refractivity contribution < 1.29 is 24.2 Å². The van der Waals surface area contributed by atoms with Crippen LogP contribution in [0.2, 0.25) is 4.34 Å². The third-order valence-corrected chi connectivity index (χ3v) is 6.42. The Labute approximate surface area is 193 Å². The van der Waals surface area contributed by atoms with Gasteiger partial charge in [0.25, 0.3) is 11.8 Å². The Morgan fingerprint density at radius 3 is 2.56 bits per heavy atom. The fourth-order valence-corrected chi connectivity index (χ4v) is 4.46. The second-order valence-electron chi connectivity index (χ2n) is 7.12. The first kappa shape index (κ1) is 21.9. The number of carboxylic acid groups (broad SMARTS) is 1. The number of rotatable bonds is 6. The summed E-state index contributed by atoms with van der Waals surface area (Å²) in [6.45, 7) is 2.09. The Balaban J connectivity index is 1.49. The van der Waals surface area contributed by atoms with Gasteiger partial charge in [0, 0.05) is 16.1 Å². The molecule has 1 aromatic heterocycles. The van der Waals surface area contributed by atoms with Crippen LogP contribution >= 0.6 is 22.9 Å². The van der Waals surface area contributed by atoms with Crippen molar-refractivity contribution in [3.05, 3.63) is 80.5 Å². The van der Waals surface area contributed by atoms with E-state index in [1.165, 1.54) is 17.0 Å². The van der Waals surface area contributed by atoms with Crippen LogP contribution in [-0.4, -0.2) is 29.6 Å². The number of nitrogens with one attached hydrogen (secondary N) is 1. The zero-order valence-electron chi connectivity index (χ0n) is 17.0. The first-order chi connectivity index (χ1) is 15.4. The molecule has 9 heteroatoms. The third kappa shape index (κ3) is 4.32. The molecule has 2 heterocycles. The van der Waals surface area contributed by atoms with E-state index in [2.05, 4.69) is 5.32 Å². The number of hydrogen-bond acceptors (Lipinski definition) is 5. The number of amides is 2. The lowest BCUT2D eigenvalue weighted by atomic mass is 10.1. The van der Waals surface area contributed by atoms with Gasteiger partial charge in [-0.15, -0.1) is 11.3 Å². The lowest BCUT2D eigenvalue weighted by Crippen LogP contribution is -2.38. The number of carbonyl (C=O) groups excluding carboxylic acids is 2. The Bertz CT molecular complexity index is 1190. The molecule has 7 nitrogen and oxygen atoms in total. The summed E-state index contributed by atoms with van der Waals surface area (Å²) in [5, 5.41) is 12.0. The van der Waals surface area contributed by atoms with E-state index in [-0.39, 0.29) is 18.2 Å². The molecule has 0 saturated heterocycles. The second-order valence-corrected chi connectivity index (χ2v) is 8.87. The highest BCUT2D eigenvalue weighted by Gasteiger charge is 2.28. The van der Waals surface area contributed by atoms with Gasteiger partial charge in [-0.1, -0.05) is 24.6 Å². The SMILES string of the molecule is CCc1ccc2c(c1)OCN(c1ccc(C(=O)NC(C(=O)O)c3ccc(Cl)s3)cc1)C2=O. The Morgan fingerprint density at radius 2 is 1.94 bits per heavy atom. The molecule has 0 bridgehead atoms. The molecular formula is C23H19ClN2O5S. The molecule has 164 valence electrons. The number of hydrogen-bond donors (Lipinski definition) is 2. The summed E-state index contributed by atoms with van der Waals surface area (Å²) in [4.78, 5) is 39.0. The fraction of sp³-hybridized carbons (Fsp3) is 0.174. The average molecular weight is 471 g/mol. The molecule has 0 spiro atoms. The average Bonchev–Trinajstić information content (AvgIpc) is 3.23. The Morgan fingerprint density at radius 1 is 1.19 bits per heavy atom. The number of ether oxygens (including phenoxy) is 1.